The average Bonchev–Trinajstić information content (AvgIpc) is 2.49. The molecule has 0 unspecified atom stereocenters. The van der Waals surface area contributed by atoms with Crippen LogP contribution in [0.4, 0.5) is 0 Å². The third-order valence-corrected chi connectivity index (χ3v) is 3.74. The molecule has 1 radical (unpaired) electrons. The summed E-state index contributed by atoms with van der Waals surface area (Å²) in [5.74, 6) is 0. The van der Waals surface area contributed by atoms with Crippen LogP contribution in [0.15, 0.2) is 83.6 Å². The lowest BCUT2D eigenvalue weighted by Crippen LogP contribution is -2.34. The zero-order valence-electron chi connectivity index (χ0n) is 11.6. The summed E-state index contributed by atoms with van der Waals surface area (Å²) in [6.07, 6.45) is 4.17. The molecule has 0 atom stereocenters. The van der Waals surface area contributed by atoms with Gasteiger partial charge in [-0.15, -0.1) is 0 Å². The van der Waals surface area contributed by atoms with Gasteiger partial charge >= 0.3 is 0 Å². The van der Waals surface area contributed by atoms with E-state index in [1.807, 2.05) is 18.2 Å². The fourth-order valence-electron chi connectivity index (χ4n) is 2.32. The predicted octanol–water partition coefficient (Wildman–Crippen LogP) is 2.44. The number of aromatic nitrogens is 1. The van der Waals surface area contributed by atoms with Crippen molar-refractivity contribution >= 4 is 34.1 Å². The van der Waals surface area contributed by atoms with Crippen molar-refractivity contribution in [3.8, 4) is 0 Å². The molecule has 0 aliphatic heterocycles. The zero-order chi connectivity index (χ0) is 14.5. The van der Waals surface area contributed by atoms with E-state index >= 15 is 0 Å². The molecule has 2 aromatic carbocycles. The molecule has 3 rings (SSSR count). The molecule has 3 aromatic rings. The normalized spacial score (nSPS) is 10.3. The second-order valence-corrected chi connectivity index (χ2v) is 5.91. The van der Waals surface area contributed by atoms with Crippen LogP contribution in [-0.4, -0.2) is 7.28 Å². The molecule has 0 saturated carbocycles. The van der Waals surface area contributed by atoms with Crippen LogP contribution in [0.1, 0.15) is 5.56 Å². The van der Waals surface area contributed by atoms with Crippen molar-refractivity contribution in [2.24, 2.45) is 0 Å². The number of hydrogen-bond donors (Lipinski definition) is 0. The molecule has 1 nitrogen and oxygen atoms in total. The van der Waals surface area contributed by atoms with Gasteiger partial charge in [-0.1, -0.05) is 65.5 Å². The number of pyridine rings is 1. The van der Waals surface area contributed by atoms with Crippen LogP contribution in [0.25, 0.3) is 0 Å². The van der Waals surface area contributed by atoms with Gasteiger partial charge in [-0.25, -0.2) is 0 Å². The Hall–Kier alpha value is -1.87. The van der Waals surface area contributed by atoms with E-state index in [9.17, 15) is 0 Å². The maximum absolute atomic E-state index is 3.51. The van der Waals surface area contributed by atoms with Gasteiger partial charge in [-0.2, -0.15) is 4.57 Å². The quantitative estimate of drug-likeness (QED) is 0.509. The number of hydrogen-bond acceptors (Lipinski definition) is 0. The molecule has 1 aromatic heterocycles. The molecule has 0 fully saturated rings. The van der Waals surface area contributed by atoms with Crippen LogP contribution >= 0.6 is 15.9 Å². The first kappa shape index (κ1) is 14.1. The van der Waals surface area contributed by atoms with E-state index in [2.05, 4.69) is 88.7 Å². The minimum atomic E-state index is 0.871. The minimum absolute atomic E-state index is 0.871. The highest BCUT2D eigenvalue weighted by Crippen LogP contribution is 2.04. The molecule has 21 heavy (non-hydrogen) atoms. The Balaban J connectivity index is 1.77. The van der Waals surface area contributed by atoms with Crippen molar-refractivity contribution < 1.29 is 4.57 Å². The summed E-state index contributed by atoms with van der Waals surface area (Å²) in [4.78, 5) is 0. The first-order chi connectivity index (χ1) is 10.3. The van der Waals surface area contributed by atoms with Gasteiger partial charge in [0.2, 0.25) is 0 Å². The smallest absolute Gasteiger partial charge is 0.191 e. The van der Waals surface area contributed by atoms with E-state index in [-0.39, 0.29) is 0 Å². The molecule has 3 heteroatoms. The summed E-state index contributed by atoms with van der Waals surface area (Å²) in [6, 6.07) is 23.1. The van der Waals surface area contributed by atoms with E-state index in [4.69, 9.17) is 0 Å². The molecule has 0 saturated heterocycles. The highest BCUT2D eigenvalue weighted by molar-refractivity contribution is 9.10. The van der Waals surface area contributed by atoms with E-state index in [1.165, 1.54) is 16.5 Å². The monoisotopic (exact) mass is 335 g/mol. The molecular weight excluding hydrogens is 321 g/mol. The van der Waals surface area contributed by atoms with Crippen LogP contribution < -0.4 is 15.5 Å². The zero-order valence-corrected chi connectivity index (χ0v) is 13.2. The van der Waals surface area contributed by atoms with E-state index in [1.54, 1.807) is 0 Å². The van der Waals surface area contributed by atoms with Crippen molar-refractivity contribution in [2.45, 2.75) is 6.54 Å². The van der Waals surface area contributed by atoms with Gasteiger partial charge in [0.15, 0.2) is 26.2 Å². The van der Waals surface area contributed by atoms with Gasteiger partial charge in [0.25, 0.3) is 0 Å². The fourth-order valence-corrected chi connectivity index (χ4v) is 2.74. The molecule has 1 heterocycles. The van der Waals surface area contributed by atoms with Crippen molar-refractivity contribution in [3.05, 3.63) is 89.2 Å². The van der Waals surface area contributed by atoms with Crippen LogP contribution in [0.3, 0.4) is 0 Å². The lowest BCUT2D eigenvalue weighted by atomic mass is 9.64. The van der Waals surface area contributed by atoms with E-state index in [0.717, 1.165) is 11.0 Å². The van der Waals surface area contributed by atoms with Crippen molar-refractivity contribution in [2.75, 3.05) is 0 Å². The Morgan fingerprint density at radius 3 is 2.48 bits per heavy atom. The minimum Gasteiger partial charge on any atom is -0.200 e. The predicted molar refractivity (Wildman–Crippen MR) is 91.3 cm³/mol. The summed E-state index contributed by atoms with van der Waals surface area (Å²) in [5.41, 5.74) is 3.75. The van der Waals surface area contributed by atoms with Crippen molar-refractivity contribution in [1.82, 2.24) is 0 Å². The van der Waals surface area contributed by atoms with Crippen LogP contribution in [0.2, 0.25) is 0 Å². The Bertz CT molecular complexity index is 728. The van der Waals surface area contributed by atoms with Gasteiger partial charge in [-0.3, -0.25) is 0 Å². The molecular formula is C18H15BBrN+. The molecule has 0 bridgehead atoms. The third kappa shape index (κ3) is 4.05. The Morgan fingerprint density at radius 2 is 1.67 bits per heavy atom. The fraction of sp³-hybridized carbons (Fsp3) is 0.0556. The number of benzene rings is 2. The number of rotatable bonds is 4. The number of nitrogens with zero attached hydrogens (tertiary/aromatic N) is 1. The van der Waals surface area contributed by atoms with E-state index in [0.29, 0.717) is 0 Å². The van der Waals surface area contributed by atoms with Crippen LogP contribution in [0.5, 0.6) is 0 Å². The first-order valence-electron chi connectivity index (χ1n) is 6.93. The second kappa shape index (κ2) is 6.73. The summed E-state index contributed by atoms with van der Waals surface area (Å²) >= 11 is 3.51. The van der Waals surface area contributed by atoms with Crippen molar-refractivity contribution in [1.29, 1.82) is 0 Å². The van der Waals surface area contributed by atoms with Gasteiger partial charge in [0.05, 0.1) is 4.47 Å². The SMILES string of the molecule is Brc1ccc[n+](Cc2cccc([B]c3ccccc3)c2)c1. The van der Waals surface area contributed by atoms with Crippen LogP contribution in [-0.2, 0) is 6.54 Å². The maximum Gasteiger partial charge on any atom is 0.191 e. The third-order valence-electron chi connectivity index (χ3n) is 3.27. The van der Waals surface area contributed by atoms with Gasteiger partial charge in [0.1, 0.15) is 0 Å². The molecule has 101 valence electrons. The summed E-state index contributed by atoms with van der Waals surface area (Å²) < 4.78 is 3.27. The Kier molecular flexibility index (Phi) is 4.51. The van der Waals surface area contributed by atoms with Gasteiger partial charge < -0.3 is 0 Å². The molecule has 0 aliphatic carbocycles. The topological polar surface area (TPSA) is 3.88 Å². The molecule has 0 N–H and O–H groups in total. The van der Waals surface area contributed by atoms with Crippen molar-refractivity contribution in [3.63, 3.8) is 0 Å². The summed E-state index contributed by atoms with van der Waals surface area (Å²) in [6.45, 7) is 0.871. The summed E-state index contributed by atoms with van der Waals surface area (Å²) in [5, 5.41) is 0. The lowest BCUT2D eigenvalue weighted by molar-refractivity contribution is -0.688. The molecule has 0 aliphatic rings. The largest absolute Gasteiger partial charge is 0.200 e. The van der Waals surface area contributed by atoms with Crippen LogP contribution in [0, 0.1) is 0 Å². The average molecular weight is 336 g/mol. The Labute approximate surface area is 134 Å². The lowest BCUT2D eigenvalue weighted by Gasteiger charge is -2.03. The first-order valence-corrected chi connectivity index (χ1v) is 7.72. The Morgan fingerprint density at radius 1 is 0.857 bits per heavy atom. The highest BCUT2D eigenvalue weighted by atomic mass is 79.9. The number of halogens is 1. The van der Waals surface area contributed by atoms with Gasteiger partial charge in [-0.05, 0) is 22.0 Å². The maximum atomic E-state index is 3.51. The second-order valence-electron chi connectivity index (χ2n) is 4.99. The summed E-state index contributed by atoms with van der Waals surface area (Å²) in [7, 11) is 2.20. The standard InChI is InChI=1S/C18H15BBrN/c20-18-10-5-11-21(14-18)13-15-6-4-9-17(12-15)19-16-7-2-1-3-8-16/h1-12,14H,13H2/q+1. The molecule has 0 spiro atoms. The highest BCUT2D eigenvalue weighted by Gasteiger charge is 2.05. The van der Waals surface area contributed by atoms with Gasteiger partial charge in [0, 0.05) is 11.6 Å². The van der Waals surface area contributed by atoms with E-state index < -0.39 is 0 Å². The molecule has 0 amide bonds.